The first kappa shape index (κ1) is 12.1. The lowest BCUT2D eigenvalue weighted by atomic mass is 9.95. The Morgan fingerprint density at radius 2 is 2.06 bits per heavy atom. The van der Waals surface area contributed by atoms with E-state index >= 15 is 0 Å². The smallest absolute Gasteiger partial charge is 0.311 e. The number of carbonyl (C=O) groups is 2. The van der Waals surface area contributed by atoms with Crippen molar-refractivity contribution in [3.63, 3.8) is 0 Å². The number of fused-ring (bicyclic) bond motifs is 1. The molecule has 6 heteroatoms. The van der Waals surface area contributed by atoms with E-state index in [1.54, 1.807) is 0 Å². The van der Waals surface area contributed by atoms with Crippen LogP contribution in [0.3, 0.4) is 0 Å². The van der Waals surface area contributed by atoms with Gasteiger partial charge in [0.05, 0.1) is 12.3 Å². The van der Waals surface area contributed by atoms with E-state index in [9.17, 15) is 14.0 Å². The van der Waals surface area contributed by atoms with Crippen LogP contribution in [-0.4, -0.2) is 27.1 Å². The van der Waals surface area contributed by atoms with Crippen molar-refractivity contribution in [2.24, 2.45) is 0 Å². The van der Waals surface area contributed by atoms with Gasteiger partial charge in [-0.05, 0) is 23.8 Å². The van der Waals surface area contributed by atoms with Gasteiger partial charge in [0.1, 0.15) is 5.82 Å². The van der Waals surface area contributed by atoms with Crippen LogP contribution in [0.1, 0.15) is 17.9 Å². The predicted octanol–water partition coefficient (Wildman–Crippen LogP) is 1.95. The molecule has 0 aliphatic rings. The number of halogens is 1. The fourth-order valence-electron chi connectivity index (χ4n) is 1.91. The molecule has 5 nitrogen and oxygen atoms in total. The van der Waals surface area contributed by atoms with Crippen molar-refractivity contribution in [1.29, 1.82) is 0 Å². The van der Waals surface area contributed by atoms with Gasteiger partial charge in [0.25, 0.3) is 0 Å². The number of benzene rings is 1. The zero-order valence-electron chi connectivity index (χ0n) is 9.18. The van der Waals surface area contributed by atoms with Crippen LogP contribution in [-0.2, 0) is 9.59 Å². The molecule has 0 fully saturated rings. The number of nitrogens with one attached hydrogen (secondary N) is 1. The Bertz CT molecular complexity index is 620. The summed E-state index contributed by atoms with van der Waals surface area (Å²) < 4.78 is 13.0. The summed E-state index contributed by atoms with van der Waals surface area (Å²) in [6, 6.07) is 3.88. The summed E-state index contributed by atoms with van der Waals surface area (Å²) in [6.07, 6.45) is 0.894. The van der Waals surface area contributed by atoms with Crippen LogP contribution < -0.4 is 0 Å². The lowest BCUT2D eigenvalue weighted by Gasteiger charge is -2.08. The van der Waals surface area contributed by atoms with Gasteiger partial charge >= 0.3 is 11.9 Å². The zero-order chi connectivity index (χ0) is 13.3. The van der Waals surface area contributed by atoms with E-state index in [2.05, 4.69) is 4.98 Å². The first-order valence-corrected chi connectivity index (χ1v) is 5.20. The van der Waals surface area contributed by atoms with Crippen LogP contribution in [0, 0.1) is 5.82 Å². The molecule has 1 aromatic carbocycles. The van der Waals surface area contributed by atoms with Crippen LogP contribution in [0.5, 0.6) is 0 Å². The van der Waals surface area contributed by atoms with E-state index in [0.29, 0.717) is 16.5 Å². The summed E-state index contributed by atoms with van der Waals surface area (Å²) in [4.78, 5) is 24.5. The van der Waals surface area contributed by atoms with E-state index in [1.807, 2.05) is 0 Å². The summed E-state index contributed by atoms with van der Waals surface area (Å²) in [5, 5.41) is 18.3. The summed E-state index contributed by atoms with van der Waals surface area (Å²) >= 11 is 0. The van der Waals surface area contributed by atoms with Gasteiger partial charge < -0.3 is 15.2 Å². The van der Waals surface area contributed by atoms with E-state index < -0.39 is 30.1 Å². The molecule has 3 N–H and O–H groups in total. The van der Waals surface area contributed by atoms with Crippen molar-refractivity contribution in [2.75, 3.05) is 0 Å². The SMILES string of the molecule is O=C(O)CC(C(=O)O)c1c[nH]c2cc(F)ccc12. The maximum Gasteiger partial charge on any atom is 0.311 e. The number of hydrogen-bond acceptors (Lipinski definition) is 2. The molecule has 0 aliphatic carbocycles. The highest BCUT2D eigenvalue weighted by Gasteiger charge is 2.25. The Balaban J connectivity index is 2.51. The second kappa shape index (κ2) is 4.48. The Kier molecular flexibility index (Phi) is 3.01. The van der Waals surface area contributed by atoms with Gasteiger partial charge in [-0.1, -0.05) is 0 Å². The van der Waals surface area contributed by atoms with Gasteiger partial charge in [0.2, 0.25) is 0 Å². The van der Waals surface area contributed by atoms with E-state index in [1.165, 1.54) is 24.4 Å². The molecule has 1 unspecified atom stereocenters. The van der Waals surface area contributed by atoms with Crippen LogP contribution in [0.25, 0.3) is 10.9 Å². The van der Waals surface area contributed by atoms with Crippen molar-refractivity contribution < 1.29 is 24.2 Å². The fraction of sp³-hybridized carbons (Fsp3) is 0.167. The minimum atomic E-state index is -1.22. The number of aromatic amines is 1. The highest BCUT2D eigenvalue weighted by molar-refractivity contribution is 5.91. The number of aliphatic carboxylic acids is 2. The third kappa shape index (κ3) is 2.17. The number of carboxylic acids is 2. The van der Waals surface area contributed by atoms with Crippen LogP contribution in [0.15, 0.2) is 24.4 Å². The third-order valence-corrected chi connectivity index (χ3v) is 2.73. The number of H-pyrrole nitrogens is 1. The molecule has 0 aliphatic heterocycles. The standard InChI is InChI=1S/C12H10FNO4/c13-6-1-2-7-9(5-14-10(7)3-6)8(12(17)18)4-11(15)16/h1-3,5,8,14H,4H2,(H,15,16)(H,17,18). The van der Waals surface area contributed by atoms with Gasteiger partial charge in [-0.15, -0.1) is 0 Å². The summed E-state index contributed by atoms with van der Waals surface area (Å²) in [5.74, 6) is -4.01. The van der Waals surface area contributed by atoms with Crippen molar-refractivity contribution in [2.45, 2.75) is 12.3 Å². The van der Waals surface area contributed by atoms with Gasteiger partial charge in [-0.25, -0.2) is 4.39 Å². The molecule has 0 amide bonds. The Labute approximate surface area is 101 Å². The highest BCUT2D eigenvalue weighted by Crippen LogP contribution is 2.28. The monoisotopic (exact) mass is 251 g/mol. The molecule has 18 heavy (non-hydrogen) atoms. The summed E-state index contributed by atoms with van der Waals surface area (Å²) in [7, 11) is 0. The fourth-order valence-corrected chi connectivity index (χ4v) is 1.91. The number of aromatic nitrogens is 1. The molecular formula is C12H10FNO4. The van der Waals surface area contributed by atoms with Crippen LogP contribution in [0.4, 0.5) is 4.39 Å². The van der Waals surface area contributed by atoms with E-state index in [4.69, 9.17) is 10.2 Å². The predicted molar refractivity (Wildman–Crippen MR) is 60.9 cm³/mol. The molecule has 0 bridgehead atoms. The average molecular weight is 251 g/mol. The molecular weight excluding hydrogens is 241 g/mol. The van der Waals surface area contributed by atoms with Crippen molar-refractivity contribution in [1.82, 2.24) is 4.98 Å². The minimum Gasteiger partial charge on any atom is -0.481 e. The number of hydrogen-bond donors (Lipinski definition) is 3. The number of carboxylic acid groups (broad SMARTS) is 2. The average Bonchev–Trinajstić information content (AvgIpc) is 2.67. The van der Waals surface area contributed by atoms with Gasteiger partial charge in [-0.2, -0.15) is 0 Å². The normalized spacial score (nSPS) is 12.5. The third-order valence-electron chi connectivity index (χ3n) is 2.73. The molecule has 1 heterocycles. The molecule has 0 spiro atoms. The minimum absolute atomic E-state index is 0.347. The topological polar surface area (TPSA) is 90.4 Å². The first-order valence-electron chi connectivity index (χ1n) is 5.20. The molecule has 0 radical (unpaired) electrons. The lowest BCUT2D eigenvalue weighted by Crippen LogP contribution is -2.15. The maximum atomic E-state index is 13.0. The molecule has 94 valence electrons. The van der Waals surface area contributed by atoms with Crippen molar-refractivity contribution in [3.05, 3.63) is 35.8 Å². The van der Waals surface area contributed by atoms with Crippen LogP contribution in [0.2, 0.25) is 0 Å². The molecule has 0 saturated carbocycles. The Morgan fingerprint density at radius 1 is 1.33 bits per heavy atom. The molecule has 1 atom stereocenters. The molecule has 2 aromatic rings. The number of rotatable bonds is 4. The highest BCUT2D eigenvalue weighted by atomic mass is 19.1. The maximum absolute atomic E-state index is 13.0. The lowest BCUT2D eigenvalue weighted by molar-refractivity contribution is -0.145. The first-order chi connectivity index (χ1) is 8.49. The quantitative estimate of drug-likeness (QED) is 0.774. The Hall–Kier alpha value is -2.37. The molecule has 0 saturated heterocycles. The molecule has 1 aromatic heterocycles. The second-order valence-electron chi connectivity index (χ2n) is 3.92. The van der Waals surface area contributed by atoms with Crippen molar-refractivity contribution >= 4 is 22.8 Å². The van der Waals surface area contributed by atoms with E-state index in [-0.39, 0.29) is 0 Å². The van der Waals surface area contributed by atoms with Gasteiger partial charge in [0, 0.05) is 17.1 Å². The summed E-state index contributed by atoms with van der Waals surface area (Å²) in [6.45, 7) is 0. The van der Waals surface area contributed by atoms with Gasteiger partial charge in [-0.3, -0.25) is 9.59 Å². The Morgan fingerprint density at radius 3 is 2.67 bits per heavy atom. The van der Waals surface area contributed by atoms with Gasteiger partial charge in [0.15, 0.2) is 0 Å². The zero-order valence-corrected chi connectivity index (χ0v) is 9.18. The van der Waals surface area contributed by atoms with E-state index in [0.717, 1.165) is 0 Å². The molecule has 2 rings (SSSR count). The van der Waals surface area contributed by atoms with Crippen LogP contribution >= 0.6 is 0 Å². The second-order valence-corrected chi connectivity index (χ2v) is 3.92. The van der Waals surface area contributed by atoms with Crippen molar-refractivity contribution in [3.8, 4) is 0 Å². The largest absolute Gasteiger partial charge is 0.481 e. The summed E-state index contributed by atoms with van der Waals surface area (Å²) in [5.41, 5.74) is 0.793.